The van der Waals surface area contributed by atoms with E-state index < -0.39 is 0 Å². The number of nitrogens with zero attached hydrogens (tertiary/aromatic N) is 1. The molecule has 2 atom stereocenters. The first-order chi connectivity index (χ1) is 9.88. The maximum atomic E-state index is 11.6. The van der Waals surface area contributed by atoms with E-state index in [1.54, 1.807) is 17.0 Å². The maximum Gasteiger partial charge on any atom is 0.220 e. The lowest BCUT2D eigenvalue weighted by Crippen LogP contribution is -2.38. The molecule has 1 heterocycles. The number of rotatable bonds is 4. The van der Waals surface area contributed by atoms with Crippen molar-refractivity contribution < 1.29 is 14.3 Å². The number of ketones is 1. The van der Waals surface area contributed by atoms with Crippen molar-refractivity contribution in [2.45, 2.75) is 39.0 Å². The molecule has 4 nitrogen and oxygen atoms in total. The van der Waals surface area contributed by atoms with Gasteiger partial charge in [-0.25, -0.2) is 0 Å². The van der Waals surface area contributed by atoms with Crippen LogP contribution in [0.1, 0.15) is 25.8 Å². The van der Waals surface area contributed by atoms with E-state index in [1.165, 1.54) is 13.8 Å². The van der Waals surface area contributed by atoms with E-state index in [1.807, 2.05) is 6.07 Å². The van der Waals surface area contributed by atoms with Gasteiger partial charge in [0, 0.05) is 19.9 Å². The summed E-state index contributed by atoms with van der Waals surface area (Å²) in [5.74, 6) is -0.110. The summed E-state index contributed by atoms with van der Waals surface area (Å²) in [5, 5.41) is 0.983. The molecule has 1 aliphatic rings. The SMILES string of the molecule is CC(=O)[C@@H]1C[C@@H](OCc2ccc(Cl)c(Cl)c2)CN1C(C)=O. The van der Waals surface area contributed by atoms with Crippen molar-refractivity contribution >= 4 is 34.9 Å². The molecule has 0 saturated carbocycles. The molecule has 1 fully saturated rings. The molecule has 1 aliphatic heterocycles. The number of ether oxygens (including phenoxy) is 1. The van der Waals surface area contributed by atoms with E-state index in [0.717, 1.165) is 5.56 Å². The zero-order valence-corrected chi connectivity index (χ0v) is 13.4. The average molecular weight is 330 g/mol. The zero-order valence-electron chi connectivity index (χ0n) is 11.9. The Labute approximate surface area is 134 Å². The average Bonchev–Trinajstić information content (AvgIpc) is 2.85. The highest BCUT2D eigenvalue weighted by molar-refractivity contribution is 6.42. The Morgan fingerprint density at radius 3 is 2.52 bits per heavy atom. The highest BCUT2D eigenvalue weighted by atomic mass is 35.5. The van der Waals surface area contributed by atoms with Gasteiger partial charge in [-0.3, -0.25) is 9.59 Å². The number of likely N-dealkylation sites (tertiary alicyclic amines) is 1. The second-order valence-electron chi connectivity index (χ2n) is 5.22. The number of hydrogen-bond donors (Lipinski definition) is 0. The first-order valence-electron chi connectivity index (χ1n) is 6.71. The van der Waals surface area contributed by atoms with Crippen LogP contribution in [0.2, 0.25) is 10.0 Å². The van der Waals surface area contributed by atoms with Crippen LogP contribution in [-0.4, -0.2) is 35.3 Å². The van der Waals surface area contributed by atoms with E-state index >= 15 is 0 Å². The number of carbonyl (C=O) groups excluding carboxylic acids is 2. The molecule has 0 unspecified atom stereocenters. The standard InChI is InChI=1S/C15H17Cl2NO3/c1-9(19)15-6-12(7-18(15)10(2)20)21-8-11-3-4-13(16)14(17)5-11/h3-5,12,15H,6-8H2,1-2H3/t12-,15+/m1/s1. The molecule has 0 spiro atoms. The molecule has 0 aromatic heterocycles. The van der Waals surface area contributed by atoms with E-state index in [0.29, 0.717) is 29.6 Å². The molecule has 1 saturated heterocycles. The van der Waals surface area contributed by atoms with Crippen molar-refractivity contribution in [2.24, 2.45) is 0 Å². The quantitative estimate of drug-likeness (QED) is 0.852. The van der Waals surface area contributed by atoms with Crippen molar-refractivity contribution in [1.82, 2.24) is 4.90 Å². The van der Waals surface area contributed by atoms with Gasteiger partial charge in [-0.1, -0.05) is 29.3 Å². The molecule has 2 rings (SSSR count). The zero-order chi connectivity index (χ0) is 15.6. The predicted molar refractivity (Wildman–Crippen MR) is 81.5 cm³/mol. The maximum absolute atomic E-state index is 11.6. The summed E-state index contributed by atoms with van der Waals surface area (Å²) >= 11 is 11.8. The second-order valence-corrected chi connectivity index (χ2v) is 6.03. The molecule has 0 bridgehead atoms. The van der Waals surface area contributed by atoms with Gasteiger partial charge >= 0.3 is 0 Å². The number of hydrogen-bond acceptors (Lipinski definition) is 3. The Morgan fingerprint density at radius 2 is 2.00 bits per heavy atom. The lowest BCUT2D eigenvalue weighted by molar-refractivity contribution is -0.135. The van der Waals surface area contributed by atoms with Gasteiger partial charge in [0.1, 0.15) is 0 Å². The number of amides is 1. The van der Waals surface area contributed by atoms with Crippen LogP contribution in [0.25, 0.3) is 0 Å². The summed E-state index contributed by atoms with van der Waals surface area (Å²) in [4.78, 5) is 24.7. The van der Waals surface area contributed by atoms with Crippen molar-refractivity contribution in [3.8, 4) is 0 Å². The van der Waals surface area contributed by atoms with Crippen LogP contribution < -0.4 is 0 Å². The number of halogens is 2. The molecular weight excluding hydrogens is 313 g/mol. The summed E-state index contributed by atoms with van der Waals surface area (Å²) in [6, 6.07) is 4.94. The van der Waals surface area contributed by atoms with Gasteiger partial charge < -0.3 is 9.64 Å². The Balaban J connectivity index is 1.96. The minimum absolute atomic E-state index is 0.00848. The van der Waals surface area contributed by atoms with E-state index in [2.05, 4.69) is 0 Å². The summed E-state index contributed by atoms with van der Waals surface area (Å²) < 4.78 is 5.80. The van der Waals surface area contributed by atoms with Crippen LogP contribution in [0.15, 0.2) is 18.2 Å². The Morgan fingerprint density at radius 1 is 1.29 bits per heavy atom. The normalized spacial score (nSPS) is 21.6. The minimum Gasteiger partial charge on any atom is -0.372 e. The second kappa shape index (κ2) is 6.77. The van der Waals surface area contributed by atoms with Crippen LogP contribution in [-0.2, 0) is 20.9 Å². The molecule has 0 aliphatic carbocycles. The van der Waals surface area contributed by atoms with E-state index in [9.17, 15) is 9.59 Å². The van der Waals surface area contributed by atoms with Crippen LogP contribution in [0.4, 0.5) is 0 Å². The third-order valence-corrected chi connectivity index (χ3v) is 4.35. The lowest BCUT2D eigenvalue weighted by atomic mass is 10.1. The van der Waals surface area contributed by atoms with Gasteiger partial charge in [0.2, 0.25) is 5.91 Å². The molecule has 1 amide bonds. The Bertz CT molecular complexity index is 540. The first-order valence-corrected chi connectivity index (χ1v) is 7.47. The monoisotopic (exact) mass is 329 g/mol. The van der Waals surface area contributed by atoms with Gasteiger partial charge in [0.05, 0.1) is 28.8 Å². The van der Waals surface area contributed by atoms with Crippen molar-refractivity contribution in [3.63, 3.8) is 0 Å². The van der Waals surface area contributed by atoms with Crippen LogP contribution in [0, 0.1) is 0 Å². The molecule has 21 heavy (non-hydrogen) atoms. The lowest BCUT2D eigenvalue weighted by Gasteiger charge is -2.20. The van der Waals surface area contributed by atoms with Crippen LogP contribution >= 0.6 is 23.2 Å². The van der Waals surface area contributed by atoms with Crippen molar-refractivity contribution in [2.75, 3.05) is 6.54 Å². The fraction of sp³-hybridized carbons (Fsp3) is 0.467. The fourth-order valence-electron chi connectivity index (χ4n) is 2.50. The number of benzene rings is 1. The Hall–Kier alpha value is -1.10. The molecule has 114 valence electrons. The van der Waals surface area contributed by atoms with Crippen LogP contribution in [0.3, 0.4) is 0 Å². The van der Waals surface area contributed by atoms with Gasteiger partial charge in [-0.05, 0) is 24.6 Å². The van der Waals surface area contributed by atoms with Gasteiger partial charge in [-0.2, -0.15) is 0 Å². The summed E-state index contributed by atoms with van der Waals surface area (Å²) in [7, 11) is 0. The highest BCUT2D eigenvalue weighted by Gasteiger charge is 2.36. The van der Waals surface area contributed by atoms with Crippen molar-refractivity contribution in [1.29, 1.82) is 0 Å². The van der Waals surface area contributed by atoms with E-state index in [4.69, 9.17) is 27.9 Å². The molecule has 0 radical (unpaired) electrons. The minimum atomic E-state index is -0.374. The largest absolute Gasteiger partial charge is 0.372 e. The third-order valence-electron chi connectivity index (χ3n) is 3.61. The molecule has 6 heteroatoms. The smallest absolute Gasteiger partial charge is 0.220 e. The van der Waals surface area contributed by atoms with E-state index in [-0.39, 0.29) is 23.8 Å². The summed E-state index contributed by atoms with van der Waals surface area (Å²) in [6.07, 6.45) is 0.396. The van der Waals surface area contributed by atoms with Gasteiger partial charge in [0.15, 0.2) is 5.78 Å². The predicted octanol–water partition coefficient (Wildman–Crippen LogP) is 3.09. The first kappa shape index (κ1) is 16.3. The third kappa shape index (κ3) is 3.96. The molecule has 1 aromatic rings. The summed E-state index contributed by atoms with van der Waals surface area (Å²) in [6.45, 7) is 3.79. The molecule has 1 aromatic carbocycles. The summed E-state index contributed by atoms with van der Waals surface area (Å²) in [5.41, 5.74) is 0.907. The van der Waals surface area contributed by atoms with Crippen molar-refractivity contribution in [3.05, 3.63) is 33.8 Å². The molecular formula is C15H17Cl2NO3. The highest BCUT2D eigenvalue weighted by Crippen LogP contribution is 2.25. The van der Waals surface area contributed by atoms with Crippen LogP contribution in [0.5, 0.6) is 0 Å². The van der Waals surface area contributed by atoms with Gasteiger partial charge in [-0.15, -0.1) is 0 Å². The Kier molecular flexibility index (Phi) is 5.25. The fourth-order valence-corrected chi connectivity index (χ4v) is 2.82. The topological polar surface area (TPSA) is 46.6 Å². The van der Waals surface area contributed by atoms with Gasteiger partial charge in [0.25, 0.3) is 0 Å². The number of carbonyl (C=O) groups is 2. The molecule has 0 N–H and O–H groups in total. The number of Topliss-reactive ketones (excluding diaryl/α,β-unsaturated/α-hetero) is 1.